The number of nitrogens with one attached hydrogen (secondary N) is 1. The molecule has 27 heavy (non-hydrogen) atoms. The maximum atomic E-state index is 13.1. The molecular formula is C20H24N2O4S. The molecule has 1 N–H and O–H groups in total. The van der Waals surface area contributed by atoms with Gasteiger partial charge < -0.3 is 9.64 Å². The third kappa shape index (κ3) is 3.93. The third-order valence-electron chi connectivity index (χ3n) is 4.65. The summed E-state index contributed by atoms with van der Waals surface area (Å²) < 4.78 is 34.2. The normalized spacial score (nSPS) is 14.7. The van der Waals surface area contributed by atoms with Crippen molar-refractivity contribution in [3.63, 3.8) is 0 Å². The van der Waals surface area contributed by atoms with Crippen molar-refractivity contribution in [3.05, 3.63) is 48.0 Å². The van der Waals surface area contributed by atoms with E-state index in [0.717, 1.165) is 12.0 Å². The Labute approximate surface area is 160 Å². The van der Waals surface area contributed by atoms with Crippen LogP contribution in [0, 0.1) is 0 Å². The Kier molecular flexibility index (Phi) is 5.41. The van der Waals surface area contributed by atoms with E-state index in [1.54, 1.807) is 29.2 Å². The summed E-state index contributed by atoms with van der Waals surface area (Å²) in [5, 5.41) is 0. The topological polar surface area (TPSA) is 75.7 Å². The Bertz CT molecular complexity index is 954. The van der Waals surface area contributed by atoms with Gasteiger partial charge >= 0.3 is 0 Å². The number of anilines is 2. The zero-order valence-corrected chi connectivity index (χ0v) is 16.5. The van der Waals surface area contributed by atoms with Crippen LogP contribution in [0.15, 0.2) is 47.4 Å². The van der Waals surface area contributed by atoms with Crippen molar-refractivity contribution in [3.8, 4) is 5.75 Å². The molecule has 1 saturated heterocycles. The molecule has 0 unspecified atom stereocenters. The molecule has 0 bridgehead atoms. The lowest BCUT2D eigenvalue weighted by Crippen LogP contribution is -2.24. The van der Waals surface area contributed by atoms with Gasteiger partial charge in [0.25, 0.3) is 10.0 Å². The first kappa shape index (κ1) is 19.2. The Balaban J connectivity index is 2.02. The highest BCUT2D eigenvalue weighted by atomic mass is 32.2. The lowest BCUT2D eigenvalue weighted by Gasteiger charge is -2.19. The minimum Gasteiger partial charge on any atom is -0.495 e. The molecule has 0 aromatic heterocycles. The van der Waals surface area contributed by atoms with Crippen LogP contribution in [-0.4, -0.2) is 28.0 Å². The Morgan fingerprint density at radius 3 is 2.52 bits per heavy atom. The average molecular weight is 388 g/mol. The monoisotopic (exact) mass is 388 g/mol. The number of amides is 1. The highest BCUT2D eigenvalue weighted by Crippen LogP contribution is 2.33. The average Bonchev–Trinajstić information content (AvgIpc) is 3.07. The molecule has 0 aliphatic carbocycles. The van der Waals surface area contributed by atoms with Gasteiger partial charge in [-0.25, -0.2) is 8.42 Å². The van der Waals surface area contributed by atoms with E-state index in [-0.39, 0.29) is 22.5 Å². The van der Waals surface area contributed by atoms with Crippen LogP contribution in [0.4, 0.5) is 11.4 Å². The Morgan fingerprint density at radius 2 is 1.89 bits per heavy atom. The number of carbonyl (C=O) groups is 1. The Morgan fingerprint density at radius 1 is 1.15 bits per heavy atom. The Hall–Kier alpha value is -2.54. The van der Waals surface area contributed by atoms with Gasteiger partial charge in [-0.2, -0.15) is 0 Å². The second-order valence-electron chi connectivity index (χ2n) is 6.83. The number of rotatable bonds is 6. The summed E-state index contributed by atoms with van der Waals surface area (Å²) in [6, 6.07) is 12.1. The summed E-state index contributed by atoms with van der Waals surface area (Å²) in [7, 11) is -2.47. The van der Waals surface area contributed by atoms with Gasteiger partial charge in [-0.1, -0.05) is 32.0 Å². The number of nitrogens with zero attached hydrogens (tertiary/aromatic N) is 1. The summed E-state index contributed by atoms with van der Waals surface area (Å²) in [5.41, 5.74) is 2.01. The first-order chi connectivity index (χ1) is 12.8. The molecule has 1 heterocycles. The number of ether oxygens (including phenoxy) is 1. The van der Waals surface area contributed by atoms with Gasteiger partial charge in [0.2, 0.25) is 5.91 Å². The summed E-state index contributed by atoms with van der Waals surface area (Å²) >= 11 is 0. The van der Waals surface area contributed by atoms with Crippen LogP contribution in [0.3, 0.4) is 0 Å². The van der Waals surface area contributed by atoms with E-state index in [1.165, 1.54) is 13.2 Å². The van der Waals surface area contributed by atoms with Gasteiger partial charge in [0.15, 0.2) is 0 Å². The minimum absolute atomic E-state index is 0.00151. The molecule has 0 atom stereocenters. The number of hydrogen-bond acceptors (Lipinski definition) is 4. The van der Waals surface area contributed by atoms with Crippen LogP contribution >= 0.6 is 0 Å². The predicted octanol–water partition coefficient (Wildman–Crippen LogP) is 3.75. The second kappa shape index (κ2) is 7.60. The molecule has 0 saturated carbocycles. The van der Waals surface area contributed by atoms with Crippen molar-refractivity contribution in [2.45, 2.75) is 37.5 Å². The van der Waals surface area contributed by atoms with Crippen molar-refractivity contribution in [1.82, 2.24) is 0 Å². The second-order valence-corrected chi connectivity index (χ2v) is 8.48. The quantitative estimate of drug-likeness (QED) is 0.818. The fourth-order valence-corrected chi connectivity index (χ4v) is 4.54. The molecule has 144 valence electrons. The van der Waals surface area contributed by atoms with Gasteiger partial charge in [-0.05, 0) is 42.2 Å². The van der Waals surface area contributed by atoms with E-state index in [4.69, 9.17) is 4.74 Å². The van der Waals surface area contributed by atoms with Crippen molar-refractivity contribution in [2.24, 2.45) is 0 Å². The maximum absolute atomic E-state index is 13.1. The lowest BCUT2D eigenvalue weighted by molar-refractivity contribution is -0.117. The van der Waals surface area contributed by atoms with Gasteiger partial charge in [0, 0.05) is 18.7 Å². The molecule has 1 amide bonds. The van der Waals surface area contributed by atoms with Gasteiger partial charge in [-0.3, -0.25) is 9.52 Å². The number of sulfonamides is 1. The molecule has 1 aliphatic heterocycles. The van der Waals surface area contributed by atoms with Crippen molar-refractivity contribution in [2.75, 3.05) is 23.3 Å². The van der Waals surface area contributed by atoms with Crippen LogP contribution in [-0.2, 0) is 14.8 Å². The first-order valence-electron chi connectivity index (χ1n) is 8.93. The summed E-state index contributed by atoms with van der Waals surface area (Å²) in [4.78, 5) is 13.7. The summed E-state index contributed by atoms with van der Waals surface area (Å²) in [5.74, 6) is 0.404. The first-order valence-corrected chi connectivity index (χ1v) is 10.4. The molecular weight excluding hydrogens is 364 g/mol. The standard InChI is InChI=1S/C20H24N2O4S/c1-14(2)16-7-4-5-8-17(16)21-27(24,25)19-13-15(10-11-18(19)26-3)22-12-6-9-20(22)23/h4-5,7-8,10-11,13-14,21H,6,9,12H2,1-3H3. The van der Waals surface area contributed by atoms with Crippen LogP contribution in [0.25, 0.3) is 0 Å². The minimum atomic E-state index is -3.89. The van der Waals surface area contributed by atoms with Crippen molar-refractivity contribution in [1.29, 1.82) is 0 Å². The highest BCUT2D eigenvalue weighted by Gasteiger charge is 2.26. The van der Waals surface area contributed by atoms with Gasteiger partial charge in [0.1, 0.15) is 10.6 Å². The predicted molar refractivity (Wildman–Crippen MR) is 106 cm³/mol. The maximum Gasteiger partial charge on any atom is 0.265 e. The zero-order chi connectivity index (χ0) is 19.6. The highest BCUT2D eigenvalue weighted by molar-refractivity contribution is 7.92. The molecule has 1 aliphatic rings. The zero-order valence-electron chi connectivity index (χ0n) is 15.7. The van der Waals surface area contributed by atoms with E-state index in [2.05, 4.69) is 4.72 Å². The largest absolute Gasteiger partial charge is 0.495 e. The van der Waals surface area contributed by atoms with E-state index in [0.29, 0.717) is 24.3 Å². The number of methoxy groups -OCH3 is 1. The fraction of sp³-hybridized carbons (Fsp3) is 0.350. The number of para-hydroxylation sites is 1. The molecule has 6 nitrogen and oxygen atoms in total. The fourth-order valence-electron chi connectivity index (χ4n) is 3.26. The molecule has 2 aromatic carbocycles. The number of benzene rings is 2. The van der Waals surface area contributed by atoms with Gasteiger partial charge in [-0.15, -0.1) is 0 Å². The van der Waals surface area contributed by atoms with Crippen LogP contribution < -0.4 is 14.4 Å². The van der Waals surface area contributed by atoms with E-state index >= 15 is 0 Å². The SMILES string of the molecule is COc1ccc(N2CCCC2=O)cc1S(=O)(=O)Nc1ccccc1C(C)C. The third-order valence-corrected chi connectivity index (χ3v) is 6.04. The lowest BCUT2D eigenvalue weighted by atomic mass is 10.0. The van der Waals surface area contributed by atoms with Crippen molar-refractivity contribution < 1.29 is 17.9 Å². The number of hydrogen-bond donors (Lipinski definition) is 1. The molecule has 3 rings (SSSR count). The van der Waals surface area contributed by atoms with Crippen LogP contribution in [0.1, 0.15) is 38.2 Å². The summed E-state index contributed by atoms with van der Waals surface area (Å²) in [6.45, 7) is 4.61. The van der Waals surface area contributed by atoms with Gasteiger partial charge in [0.05, 0.1) is 12.8 Å². The van der Waals surface area contributed by atoms with E-state index < -0.39 is 10.0 Å². The van der Waals surface area contributed by atoms with E-state index in [9.17, 15) is 13.2 Å². The van der Waals surface area contributed by atoms with E-state index in [1.807, 2.05) is 26.0 Å². The molecule has 7 heteroatoms. The van der Waals surface area contributed by atoms with Crippen molar-refractivity contribution >= 4 is 27.3 Å². The molecule has 2 aromatic rings. The molecule has 0 radical (unpaired) electrons. The van der Waals surface area contributed by atoms with Crippen LogP contribution in [0.2, 0.25) is 0 Å². The van der Waals surface area contributed by atoms with Crippen LogP contribution in [0.5, 0.6) is 5.75 Å². The molecule has 1 fully saturated rings. The smallest absolute Gasteiger partial charge is 0.265 e. The molecule has 0 spiro atoms. The summed E-state index contributed by atoms with van der Waals surface area (Å²) in [6.07, 6.45) is 1.25. The number of carbonyl (C=O) groups excluding carboxylic acids is 1.